The Bertz CT molecular complexity index is 240. The normalized spacial score (nSPS) is 11.1. The zero-order valence-electron chi connectivity index (χ0n) is 8.75. The largest absolute Gasteiger partial charge is 0.337 e. The van der Waals surface area contributed by atoms with Crippen molar-refractivity contribution in [3.05, 3.63) is 18.2 Å². The van der Waals surface area contributed by atoms with Gasteiger partial charge in [-0.05, 0) is 18.9 Å². The first kappa shape index (κ1) is 10.3. The molecule has 0 amide bonds. The minimum atomic E-state index is 0.777. The average molecular weight is 181 g/mol. The van der Waals surface area contributed by atoms with E-state index in [1.165, 1.54) is 12.1 Å². The Morgan fingerprint density at radius 2 is 2.31 bits per heavy atom. The van der Waals surface area contributed by atoms with Crippen molar-refractivity contribution in [3.63, 3.8) is 0 Å². The molecule has 0 radical (unpaired) electrons. The highest BCUT2D eigenvalue weighted by molar-refractivity contribution is 4.96. The minimum absolute atomic E-state index is 0.777. The monoisotopic (exact) mass is 181 g/mol. The van der Waals surface area contributed by atoms with Gasteiger partial charge in [-0.1, -0.05) is 13.8 Å². The predicted molar refractivity (Wildman–Crippen MR) is 54.4 cm³/mol. The molecule has 0 unspecified atom stereocenters. The molecule has 13 heavy (non-hydrogen) atoms. The smallest absolute Gasteiger partial charge is 0.0945 e. The van der Waals surface area contributed by atoms with Crippen molar-refractivity contribution >= 4 is 0 Å². The topological polar surface area (TPSA) is 29.9 Å². The highest BCUT2D eigenvalue weighted by Gasteiger charge is 1.97. The Morgan fingerprint density at radius 3 is 2.85 bits per heavy atom. The molecule has 0 atom stereocenters. The molecule has 0 bridgehead atoms. The van der Waals surface area contributed by atoms with Crippen LogP contribution in [0.5, 0.6) is 0 Å². The quantitative estimate of drug-likeness (QED) is 0.699. The van der Waals surface area contributed by atoms with Crippen molar-refractivity contribution < 1.29 is 0 Å². The fourth-order valence-corrected chi connectivity index (χ4v) is 1.16. The van der Waals surface area contributed by atoms with Crippen LogP contribution in [0.15, 0.2) is 12.5 Å². The van der Waals surface area contributed by atoms with Gasteiger partial charge in [0.2, 0.25) is 0 Å². The third-order valence-electron chi connectivity index (χ3n) is 2.12. The van der Waals surface area contributed by atoms with E-state index in [1.54, 1.807) is 0 Å². The van der Waals surface area contributed by atoms with Crippen molar-refractivity contribution in [1.29, 1.82) is 0 Å². The first-order chi connectivity index (χ1) is 6.20. The highest BCUT2D eigenvalue weighted by atomic mass is 15.0. The second-order valence-corrected chi connectivity index (χ2v) is 3.86. The van der Waals surface area contributed by atoms with Gasteiger partial charge in [-0.25, -0.2) is 4.98 Å². The summed E-state index contributed by atoms with van der Waals surface area (Å²) in [5, 5.41) is 3.40. The zero-order valence-corrected chi connectivity index (χ0v) is 8.75. The molecule has 3 heteroatoms. The molecule has 0 aliphatic carbocycles. The van der Waals surface area contributed by atoms with Crippen LogP contribution >= 0.6 is 0 Å². The van der Waals surface area contributed by atoms with Crippen LogP contribution in [0.2, 0.25) is 0 Å². The number of imidazole rings is 1. The molecule has 0 saturated heterocycles. The number of nitrogens with zero attached hydrogens (tertiary/aromatic N) is 2. The van der Waals surface area contributed by atoms with Crippen LogP contribution in [-0.4, -0.2) is 16.1 Å². The fourth-order valence-electron chi connectivity index (χ4n) is 1.16. The number of rotatable bonds is 5. The summed E-state index contributed by atoms with van der Waals surface area (Å²) in [6.07, 6.45) is 4.97. The number of hydrogen-bond acceptors (Lipinski definition) is 2. The van der Waals surface area contributed by atoms with E-state index in [-0.39, 0.29) is 0 Å². The maximum Gasteiger partial charge on any atom is 0.0945 e. The van der Waals surface area contributed by atoms with Crippen molar-refractivity contribution in [1.82, 2.24) is 14.9 Å². The number of aromatic nitrogens is 2. The van der Waals surface area contributed by atoms with E-state index in [1.807, 2.05) is 24.1 Å². The lowest BCUT2D eigenvalue weighted by Gasteiger charge is -2.06. The van der Waals surface area contributed by atoms with Gasteiger partial charge in [-0.15, -0.1) is 0 Å². The number of aryl methyl sites for hydroxylation is 1. The average Bonchev–Trinajstić information content (AvgIpc) is 2.45. The Kier molecular flexibility index (Phi) is 3.96. The van der Waals surface area contributed by atoms with Gasteiger partial charge >= 0.3 is 0 Å². The zero-order chi connectivity index (χ0) is 9.68. The summed E-state index contributed by atoms with van der Waals surface area (Å²) < 4.78 is 2.04. The third-order valence-corrected chi connectivity index (χ3v) is 2.12. The molecule has 1 heterocycles. The second kappa shape index (κ2) is 5.02. The van der Waals surface area contributed by atoms with Crippen LogP contribution in [0.1, 0.15) is 26.0 Å². The lowest BCUT2D eigenvalue weighted by molar-refractivity contribution is 0.531. The van der Waals surface area contributed by atoms with Gasteiger partial charge in [-0.3, -0.25) is 0 Å². The van der Waals surface area contributed by atoms with Gasteiger partial charge in [0.05, 0.1) is 12.0 Å². The van der Waals surface area contributed by atoms with E-state index in [9.17, 15) is 0 Å². The Morgan fingerprint density at radius 1 is 1.54 bits per heavy atom. The molecule has 0 aliphatic heterocycles. The fraction of sp³-hybridized carbons (Fsp3) is 0.700. The Labute approximate surface area is 80.2 Å². The SMILES string of the molecule is CC(C)CCNCc1cncn1C. The molecular formula is C10H19N3. The number of nitrogens with one attached hydrogen (secondary N) is 1. The van der Waals surface area contributed by atoms with E-state index < -0.39 is 0 Å². The molecule has 1 N–H and O–H groups in total. The molecule has 1 rings (SSSR count). The molecule has 0 saturated carbocycles. The van der Waals surface area contributed by atoms with E-state index in [4.69, 9.17) is 0 Å². The van der Waals surface area contributed by atoms with Crippen LogP contribution < -0.4 is 5.32 Å². The molecular weight excluding hydrogens is 162 g/mol. The number of hydrogen-bond donors (Lipinski definition) is 1. The van der Waals surface area contributed by atoms with Crippen molar-refractivity contribution in [2.75, 3.05) is 6.54 Å². The molecule has 0 aliphatic rings. The van der Waals surface area contributed by atoms with Gasteiger partial charge in [-0.2, -0.15) is 0 Å². The van der Waals surface area contributed by atoms with Crippen LogP contribution in [0, 0.1) is 5.92 Å². The first-order valence-corrected chi connectivity index (χ1v) is 4.86. The maximum absolute atomic E-state index is 4.06. The van der Waals surface area contributed by atoms with E-state index >= 15 is 0 Å². The molecule has 0 spiro atoms. The standard InChI is InChI=1S/C10H19N3/c1-9(2)4-5-11-6-10-7-12-8-13(10)3/h7-9,11H,4-6H2,1-3H3. The van der Waals surface area contributed by atoms with Crippen LogP contribution in [0.3, 0.4) is 0 Å². The Balaban J connectivity index is 2.17. The van der Waals surface area contributed by atoms with Gasteiger partial charge in [0, 0.05) is 19.8 Å². The van der Waals surface area contributed by atoms with Crippen LogP contribution in [-0.2, 0) is 13.6 Å². The summed E-state index contributed by atoms with van der Waals surface area (Å²) in [7, 11) is 2.02. The third kappa shape index (κ3) is 3.59. The molecule has 1 aromatic rings. The molecule has 0 fully saturated rings. The lowest BCUT2D eigenvalue weighted by Crippen LogP contribution is -2.17. The summed E-state index contributed by atoms with van der Waals surface area (Å²) in [6.45, 7) is 6.49. The highest BCUT2D eigenvalue weighted by Crippen LogP contribution is 1.98. The second-order valence-electron chi connectivity index (χ2n) is 3.86. The van der Waals surface area contributed by atoms with Gasteiger partial charge in [0.15, 0.2) is 0 Å². The van der Waals surface area contributed by atoms with E-state index in [0.29, 0.717) is 0 Å². The molecule has 74 valence electrons. The maximum atomic E-state index is 4.06. The van der Waals surface area contributed by atoms with E-state index in [0.717, 1.165) is 19.0 Å². The summed E-state index contributed by atoms with van der Waals surface area (Å²) in [4.78, 5) is 4.06. The van der Waals surface area contributed by atoms with Crippen molar-refractivity contribution in [3.8, 4) is 0 Å². The summed E-state index contributed by atoms with van der Waals surface area (Å²) in [6, 6.07) is 0. The summed E-state index contributed by atoms with van der Waals surface area (Å²) in [5.41, 5.74) is 1.24. The predicted octanol–water partition coefficient (Wildman–Crippen LogP) is 1.56. The molecule has 1 aromatic heterocycles. The summed E-state index contributed by atoms with van der Waals surface area (Å²) in [5.74, 6) is 0.777. The van der Waals surface area contributed by atoms with Gasteiger partial charge < -0.3 is 9.88 Å². The first-order valence-electron chi connectivity index (χ1n) is 4.86. The Hall–Kier alpha value is -0.830. The lowest BCUT2D eigenvalue weighted by atomic mass is 10.1. The minimum Gasteiger partial charge on any atom is -0.337 e. The molecule has 0 aromatic carbocycles. The van der Waals surface area contributed by atoms with Gasteiger partial charge in [0.25, 0.3) is 0 Å². The van der Waals surface area contributed by atoms with Gasteiger partial charge in [0.1, 0.15) is 0 Å². The summed E-state index contributed by atoms with van der Waals surface area (Å²) >= 11 is 0. The van der Waals surface area contributed by atoms with Crippen molar-refractivity contribution in [2.45, 2.75) is 26.8 Å². The molecule has 3 nitrogen and oxygen atoms in total. The van der Waals surface area contributed by atoms with Crippen molar-refractivity contribution in [2.24, 2.45) is 13.0 Å². The van der Waals surface area contributed by atoms with E-state index in [2.05, 4.69) is 24.1 Å². The van der Waals surface area contributed by atoms with Crippen LogP contribution in [0.25, 0.3) is 0 Å². The van der Waals surface area contributed by atoms with Crippen LogP contribution in [0.4, 0.5) is 0 Å².